The lowest BCUT2D eigenvalue weighted by molar-refractivity contribution is -0.137. The molecule has 17 heavy (non-hydrogen) atoms. The molecule has 1 rings (SSSR count). The summed E-state index contributed by atoms with van der Waals surface area (Å²) in [5.41, 5.74) is 0.000403. The van der Waals surface area contributed by atoms with E-state index in [9.17, 15) is 13.2 Å². The molecule has 0 spiro atoms. The van der Waals surface area contributed by atoms with Crippen LogP contribution in [0, 0.1) is 11.8 Å². The molecule has 0 fully saturated rings. The molecule has 0 aromatic heterocycles. The second kappa shape index (κ2) is 6.90. The van der Waals surface area contributed by atoms with Gasteiger partial charge in [0.1, 0.15) is 0 Å². The third-order valence-corrected chi connectivity index (χ3v) is 2.89. The highest BCUT2D eigenvalue weighted by Crippen LogP contribution is 2.28. The minimum atomic E-state index is -4.27. The smallest absolute Gasteiger partial charge is 0.166 e. The van der Waals surface area contributed by atoms with Crippen LogP contribution in [0.15, 0.2) is 24.3 Å². The summed E-state index contributed by atoms with van der Waals surface area (Å²) < 4.78 is 37.9. The molecule has 0 aliphatic rings. The molecule has 0 aliphatic carbocycles. The molecule has 0 radical (unpaired) electrons. The highest BCUT2D eigenvalue weighted by molar-refractivity contribution is 14.1. The number of hydrogen-bond acceptors (Lipinski definition) is 0. The Labute approximate surface area is 113 Å². The van der Waals surface area contributed by atoms with E-state index in [0.717, 1.165) is 35.8 Å². The van der Waals surface area contributed by atoms with E-state index in [0.29, 0.717) is 5.56 Å². The van der Waals surface area contributed by atoms with Crippen LogP contribution < -0.4 is 0 Å². The highest BCUT2D eigenvalue weighted by atomic mass is 127. The summed E-state index contributed by atoms with van der Waals surface area (Å²) in [6.45, 7) is 0. The molecule has 0 aliphatic heterocycles. The maximum absolute atomic E-state index is 12.3. The Morgan fingerprint density at radius 1 is 1.06 bits per heavy atom. The molecule has 0 N–H and O–H groups in total. The lowest BCUT2D eigenvalue weighted by Gasteiger charge is -2.05. The van der Waals surface area contributed by atoms with Gasteiger partial charge in [-0.15, -0.1) is 0 Å². The Hall–Kier alpha value is -0.700. The zero-order valence-corrected chi connectivity index (χ0v) is 11.3. The average molecular weight is 352 g/mol. The van der Waals surface area contributed by atoms with E-state index < -0.39 is 11.7 Å². The van der Waals surface area contributed by atoms with Crippen molar-refractivity contribution in [2.24, 2.45) is 0 Å². The Kier molecular flexibility index (Phi) is 5.83. The van der Waals surface area contributed by atoms with Gasteiger partial charge in [-0.05, 0) is 41.5 Å². The summed E-state index contributed by atoms with van der Waals surface area (Å²) in [7, 11) is 0. The monoisotopic (exact) mass is 352 g/mol. The van der Waals surface area contributed by atoms with Crippen LogP contribution in [-0.2, 0) is 6.18 Å². The number of benzene rings is 1. The van der Waals surface area contributed by atoms with Crippen LogP contribution in [0.25, 0.3) is 0 Å². The van der Waals surface area contributed by atoms with E-state index in [1.165, 1.54) is 12.1 Å². The molecule has 92 valence electrons. The molecule has 0 atom stereocenters. The standard InChI is InChI=1S/C13H12F3I/c14-13(15,16)12-8-6-11(7-9-12)5-3-1-2-4-10-17/h6-9H,1-2,4,10H2. The number of alkyl halides is 4. The van der Waals surface area contributed by atoms with Crippen LogP contribution in [0.3, 0.4) is 0 Å². The Balaban J connectivity index is 2.56. The predicted molar refractivity (Wildman–Crippen MR) is 71.1 cm³/mol. The SMILES string of the molecule is FC(F)(F)c1ccc(C#CCCCCI)cc1. The molecule has 4 heteroatoms. The normalized spacial score (nSPS) is 10.8. The summed E-state index contributed by atoms with van der Waals surface area (Å²) in [5, 5.41) is 0. The van der Waals surface area contributed by atoms with Gasteiger partial charge >= 0.3 is 6.18 Å². The third kappa shape index (κ3) is 5.44. The van der Waals surface area contributed by atoms with Crippen molar-refractivity contribution in [2.45, 2.75) is 25.4 Å². The maximum Gasteiger partial charge on any atom is 0.416 e. The van der Waals surface area contributed by atoms with Crippen LogP contribution in [0.5, 0.6) is 0 Å². The van der Waals surface area contributed by atoms with Crippen LogP contribution >= 0.6 is 22.6 Å². The molecule has 0 bridgehead atoms. The van der Waals surface area contributed by atoms with Gasteiger partial charge in [-0.25, -0.2) is 0 Å². The molecule has 0 heterocycles. The number of rotatable bonds is 3. The van der Waals surface area contributed by atoms with Gasteiger partial charge in [0.05, 0.1) is 5.56 Å². The van der Waals surface area contributed by atoms with Gasteiger partial charge in [-0.1, -0.05) is 34.4 Å². The van der Waals surface area contributed by atoms with Crippen molar-refractivity contribution in [3.05, 3.63) is 35.4 Å². The molecule has 1 aromatic carbocycles. The maximum atomic E-state index is 12.3. The summed E-state index contributed by atoms with van der Waals surface area (Å²) in [6.07, 6.45) is -1.31. The molecule has 0 amide bonds. The molecule has 0 saturated heterocycles. The van der Waals surface area contributed by atoms with Gasteiger partial charge in [0.15, 0.2) is 0 Å². The summed E-state index contributed by atoms with van der Waals surface area (Å²) in [6, 6.07) is 4.95. The predicted octanol–water partition coefficient (Wildman–Crippen LogP) is 4.66. The van der Waals surface area contributed by atoms with E-state index in [-0.39, 0.29) is 0 Å². The van der Waals surface area contributed by atoms with Crippen molar-refractivity contribution in [1.29, 1.82) is 0 Å². The van der Waals surface area contributed by atoms with E-state index in [1.54, 1.807) is 0 Å². The van der Waals surface area contributed by atoms with E-state index in [4.69, 9.17) is 0 Å². The van der Waals surface area contributed by atoms with Gasteiger partial charge in [0.25, 0.3) is 0 Å². The summed E-state index contributed by atoms with van der Waals surface area (Å²) in [5.74, 6) is 5.82. The van der Waals surface area contributed by atoms with Crippen molar-refractivity contribution in [2.75, 3.05) is 4.43 Å². The first-order valence-corrected chi connectivity index (χ1v) is 6.78. The van der Waals surface area contributed by atoms with Crippen LogP contribution in [-0.4, -0.2) is 4.43 Å². The fourth-order valence-electron chi connectivity index (χ4n) is 1.21. The minimum Gasteiger partial charge on any atom is -0.166 e. The minimum absolute atomic E-state index is 0.632. The molecule has 1 aromatic rings. The van der Waals surface area contributed by atoms with Crippen LogP contribution in [0.4, 0.5) is 13.2 Å². The zero-order chi connectivity index (χ0) is 12.7. The highest BCUT2D eigenvalue weighted by Gasteiger charge is 2.29. The summed E-state index contributed by atoms with van der Waals surface area (Å²) in [4.78, 5) is 0. The van der Waals surface area contributed by atoms with Gasteiger partial charge < -0.3 is 0 Å². The second-order valence-corrected chi connectivity index (χ2v) is 4.60. The zero-order valence-electron chi connectivity index (χ0n) is 9.15. The first kappa shape index (κ1) is 14.4. The van der Waals surface area contributed by atoms with Gasteiger partial charge in [-0.3, -0.25) is 0 Å². The molecule has 0 unspecified atom stereocenters. The van der Waals surface area contributed by atoms with Crippen molar-refractivity contribution < 1.29 is 13.2 Å². The van der Waals surface area contributed by atoms with Gasteiger partial charge in [0, 0.05) is 12.0 Å². The second-order valence-electron chi connectivity index (χ2n) is 3.52. The van der Waals surface area contributed by atoms with Crippen molar-refractivity contribution >= 4 is 22.6 Å². The van der Waals surface area contributed by atoms with Crippen LogP contribution in [0.2, 0.25) is 0 Å². The quantitative estimate of drug-likeness (QED) is 0.321. The largest absolute Gasteiger partial charge is 0.416 e. The number of halogens is 4. The molecular formula is C13H12F3I. The Morgan fingerprint density at radius 3 is 2.24 bits per heavy atom. The van der Waals surface area contributed by atoms with Gasteiger partial charge in [0.2, 0.25) is 0 Å². The molecule has 0 nitrogen and oxygen atoms in total. The first-order chi connectivity index (χ1) is 8.04. The lowest BCUT2D eigenvalue weighted by Crippen LogP contribution is -2.04. The fourth-order valence-corrected chi connectivity index (χ4v) is 1.75. The van der Waals surface area contributed by atoms with Crippen molar-refractivity contribution in [3.8, 4) is 11.8 Å². The molecular weight excluding hydrogens is 340 g/mol. The lowest BCUT2D eigenvalue weighted by atomic mass is 10.1. The number of hydrogen-bond donors (Lipinski definition) is 0. The summed E-state index contributed by atoms with van der Waals surface area (Å²) >= 11 is 2.31. The number of unbranched alkanes of at least 4 members (excludes halogenated alkanes) is 2. The molecule has 0 saturated carbocycles. The fraction of sp³-hybridized carbons (Fsp3) is 0.385. The third-order valence-electron chi connectivity index (χ3n) is 2.13. The average Bonchev–Trinajstić information content (AvgIpc) is 2.28. The topological polar surface area (TPSA) is 0 Å². The van der Waals surface area contributed by atoms with Gasteiger partial charge in [-0.2, -0.15) is 13.2 Å². The van der Waals surface area contributed by atoms with E-state index in [1.807, 2.05) is 0 Å². The van der Waals surface area contributed by atoms with Crippen molar-refractivity contribution in [1.82, 2.24) is 0 Å². The Morgan fingerprint density at radius 2 is 1.71 bits per heavy atom. The van der Waals surface area contributed by atoms with E-state index >= 15 is 0 Å². The first-order valence-electron chi connectivity index (χ1n) is 5.26. The van der Waals surface area contributed by atoms with E-state index in [2.05, 4.69) is 34.4 Å². The Bertz CT molecular complexity index is 395. The van der Waals surface area contributed by atoms with Crippen molar-refractivity contribution in [3.63, 3.8) is 0 Å². The van der Waals surface area contributed by atoms with Crippen LogP contribution in [0.1, 0.15) is 30.4 Å².